The maximum absolute atomic E-state index is 12.7. The summed E-state index contributed by atoms with van der Waals surface area (Å²) in [5.74, 6) is 1.77. The van der Waals surface area contributed by atoms with E-state index in [9.17, 15) is 4.79 Å². The van der Waals surface area contributed by atoms with E-state index in [0.717, 1.165) is 45.4 Å². The Labute approximate surface area is 144 Å². The van der Waals surface area contributed by atoms with Crippen LogP contribution in [0.25, 0.3) is 0 Å². The van der Waals surface area contributed by atoms with E-state index in [1.165, 1.54) is 11.3 Å². The van der Waals surface area contributed by atoms with Crippen molar-refractivity contribution in [2.75, 3.05) is 13.7 Å². The van der Waals surface area contributed by atoms with Crippen LogP contribution in [0.1, 0.15) is 41.0 Å². The molecule has 0 radical (unpaired) electrons. The van der Waals surface area contributed by atoms with E-state index in [2.05, 4.69) is 4.98 Å². The summed E-state index contributed by atoms with van der Waals surface area (Å²) in [5, 5.41) is 0. The van der Waals surface area contributed by atoms with E-state index >= 15 is 0 Å². The summed E-state index contributed by atoms with van der Waals surface area (Å²) in [4.78, 5) is 18.8. The fourth-order valence-electron chi connectivity index (χ4n) is 3.00. The second-order valence-corrected chi connectivity index (χ2v) is 7.49. The number of ether oxygens (including phenoxy) is 1. The number of aryl methyl sites for hydroxylation is 1. The second kappa shape index (κ2) is 6.98. The molecule has 7 heteroatoms. The Morgan fingerprint density at radius 2 is 2.39 bits per heavy atom. The third-order valence-electron chi connectivity index (χ3n) is 4.11. The van der Waals surface area contributed by atoms with Gasteiger partial charge in [0.2, 0.25) is 5.91 Å². The van der Waals surface area contributed by atoms with Gasteiger partial charge in [0.05, 0.1) is 12.5 Å². The average molecular weight is 352 g/mol. The van der Waals surface area contributed by atoms with Crippen LogP contribution in [-0.2, 0) is 22.6 Å². The molecule has 2 aromatic rings. The van der Waals surface area contributed by atoms with Crippen molar-refractivity contribution in [3.63, 3.8) is 0 Å². The van der Waals surface area contributed by atoms with Gasteiger partial charge in [-0.15, -0.1) is 11.3 Å². The lowest BCUT2D eigenvalue weighted by molar-refractivity contribution is -0.131. The highest BCUT2D eigenvalue weighted by Crippen LogP contribution is 2.34. The minimum Gasteiger partial charge on any atom is -0.461 e. The van der Waals surface area contributed by atoms with Crippen LogP contribution in [0, 0.1) is 10.9 Å². The van der Waals surface area contributed by atoms with Crippen LogP contribution in [0.2, 0.25) is 0 Å². The number of furan rings is 1. The molecule has 1 aliphatic heterocycles. The molecule has 1 atom stereocenters. The van der Waals surface area contributed by atoms with Crippen molar-refractivity contribution >= 4 is 29.5 Å². The topological polar surface area (TPSA) is 58.5 Å². The number of methoxy groups -OCH3 is 1. The number of nitrogens with one attached hydrogen (secondary N) is 1. The van der Waals surface area contributed by atoms with E-state index in [1.54, 1.807) is 7.11 Å². The van der Waals surface area contributed by atoms with Gasteiger partial charge >= 0.3 is 0 Å². The maximum Gasteiger partial charge on any atom is 0.228 e. The second-order valence-electron chi connectivity index (χ2n) is 5.72. The summed E-state index contributed by atoms with van der Waals surface area (Å²) in [7, 11) is 1.64. The number of nitrogens with zero attached hydrogens (tertiary/aromatic N) is 1. The molecule has 5 nitrogen and oxygen atoms in total. The summed E-state index contributed by atoms with van der Waals surface area (Å²) < 4.78 is 11.6. The summed E-state index contributed by atoms with van der Waals surface area (Å²) in [6, 6.07) is 3.90. The summed E-state index contributed by atoms with van der Waals surface area (Å²) in [5.41, 5.74) is 0.990. The van der Waals surface area contributed by atoms with Crippen molar-refractivity contribution in [3.05, 3.63) is 38.2 Å². The van der Waals surface area contributed by atoms with Gasteiger partial charge in [-0.05, 0) is 44.1 Å². The number of aromatic nitrogens is 1. The normalized spacial score (nSPS) is 17.8. The van der Waals surface area contributed by atoms with Crippen LogP contribution in [-0.4, -0.2) is 29.4 Å². The predicted molar refractivity (Wildman–Crippen MR) is 91.1 cm³/mol. The monoisotopic (exact) mass is 352 g/mol. The molecule has 3 heterocycles. The molecule has 2 aromatic heterocycles. The van der Waals surface area contributed by atoms with Gasteiger partial charge in [-0.1, -0.05) is 0 Å². The van der Waals surface area contributed by atoms with E-state index < -0.39 is 0 Å². The van der Waals surface area contributed by atoms with Crippen molar-refractivity contribution in [1.29, 1.82) is 0 Å². The van der Waals surface area contributed by atoms with Crippen LogP contribution in [0.3, 0.4) is 0 Å². The molecule has 1 unspecified atom stereocenters. The van der Waals surface area contributed by atoms with Gasteiger partial charge in [-0.3, -0.25) is 4.79 Å². The molecule has 1 N–H and O–H groups in total. The van der Waals surface area contributed by atoms with Crippen molar-refractivity contribution < 1.29 is 13.9 Å². The molecule has 1 aliphatic rings. The Morgan fingerprint density at radius 1 is 1.57 bits per heavy atom. The first-order chi connectivity index (χ1) is 11.1. The molecule has 0 aliphatic carbocycles. The molecule has 1 saturated heterocycles. The van der Waals surface area contributed by atoms with Gasteiger partial charge in [0.25, 0.3) is 0 Å². The molecule has 124 valence electrons. The van der Waals surface area contributed by atoms with Gasteiger partial charge in [0, 0.05) is 24.2 Å². The minimum absolute atomic E-state index is 0.0281. The van der Waals surface area contributed by atoms with Gasteiger partial charge in [-0.2, -0.15) is 0 Å². The van der Waals surface area contributed by atoms with Crippen LogP contribution < -0.4 is 0 Å². The summed E-state index contributed by atoms with van der Waals surface area (Å²) in [6.45, 7) is 3.19. The lowest BCUT2D eigenvalue weighted by Gasteiger charge is -2.23. The fourth-order valence-corrected chi connectivity index (χ4v) is 4.28. The highest BCUT2D eigenvalue weighted by atomic mass is 32.1. The zero-order chi connectivity index (χ0) is 16.4. The predicted octanol–water partition coefficient (Wildman–Crippen LogP) is 3.76. The molecule has 0 spiro atoms. The number of thiazole rings is 1. The van der Waals surface area contributed by atoms with E-state index in [1.807, 2.05) is 24.0 Å². The highest BCUT2D eigenvalue weighted by molar-refractivity contribution is 7.73. The molecular formula is C16H20N2O3S2. The van der Waals surface area contributed by atoms with Crippen molar-refractivity contribution in [2.24, 2.45) is 0 Å². The molecular weight excluding hydrogens is 332 g/mol. The number of hydrogen-bond acceptors (Lipinski definition) is 5. The molecule has 0 aromatic carbocycles. The SMILES string of the molecule is COCc1ccc(C2CCCN2C(=O)Cc2sc(=S)[nH]c2C)o1. The summed E-state index contributed by atoms with van der Waals surface area (Å²) in [6.07, 6.45) is 2.33. The number of amides is 1. The first kappa shape index (κ1) is 16.4. The zero-order valence-corrected chi connectivity index (χ0v) is 14.9. The molecule has 3 rings (SSSR count). The quantitative estimate of drug-likeness (QED) is 0.833. The molecule has 1 fully saturated rings. The number of likely N-dealkylation sites (tertiary alicyclic amines) is 1. The van der Waals surface area contributed by atoms with E-state index in [-0.39, 0.29) is 11.9 Å². The van der Waals surface area contributed by atoms with Crippen LogP contribution in [0.15, 0.2) is 16.5 Å². The number of hydrogen-bond donors (Lipinski definition) is 1. The smallest absolute Gasteiger partial charge is 0.228 e. The lowest BCUT2D eigenvalue weighted by Crippen LogP contribution is -2.31. The number of rotatable bonds is 5. The first-order valence-corrected chi connectivity index (χ1v) is 8.86. The van der Waals surface area contributed by atoms with Crippen molar-refractivity contribution in [2.45, 2.75) is 38.8 Å². The number of carbonyl (C=O) groups excluding carboxylic acids is 1. The minimum atomic E-state index is 0.0281. The highest BCUT2D eigenvalue weighted by Gasteiger charge is 2.32. The van der Waals surface area contributed by atoms with Gasteiger partial charge in [-0.25, -0.2) is 0 Å². The van der Waals surface area contributed by atoms with Crippen molar-refractivity contribution in [3.8, 4) is 0 Å². The average Bonchev–Trinajstić information content (AvgIpc) is 3.19. The van der Waals surface area contributed by atoms with Crippen molar-refractivity contribution in [1.82, 2.24) is 9.88 Å². The van der Waals surface area contributed by atoms with Gasteiger partial charge in [0.15, 0.2) is 3.95 Å². The number of aromatic amines is 1. The Kier molecular flexibility index (Phi) is 4.99. The Balaban J connectivity index is 1.73. The van der Waals surface area contributed by atoms with Crippen LogP contribution in [0.5, 0.6) is 0 Å². The summed E-state index contributed by atoms with van der Waals surface area (Å²) >= 11 is 6.63. The fraction of sp³-hybridized carbons (Fsp3) is 0.500. The Morgan fingerprint density at radius 3 is 3.09 bits per heavy atom. The van der Waals surface area contributed by atoms with E-state index in [0.29, 0.717) is 13.0 Å². The van der Waals surface area contributed by atoms with Gasteiger partial charge in [0.1, 0.15) is 18.1 Å². The Hall–Kier alpha value is -1.44. The third-order valence-corrected chi connectivity index (χ3v) is 5.44. The van der Waals surface area contributed by atoms with Gasteiger partial charge < -0.3 is 19.0 Å². The lowest BCUT2D eigenvalue weighted by atomic mass is 10.1. The number of H-pyrrole nitrogens is 1. The third kappa shape index (κ3) is 3.57. The number of carbonyl (C=O) groups is 1. The van der Waals surface area contributed by atoms with Crippen LogP contribution in [0.4, 0.5) is 0 Å². The Bertz CT molecular complexity index is 747. The zero-order valence-electron chi connectivity index (χ0n) is 13.3. The molecule has 0 saturated carbocycles. The molecule has 1 amide bonds. The van der Waals surface area contributed by atoms with Crippen LogP contribution >= 0.6 is 23.6 Å². The maximum atomic E-state index is 12.7. The largest absolute Gasteiger partial charge is 0.461 e. The standard InChI is InChI=1S/C16H20N2O3S2/c1-10-14(23-16(22)17-10)8-15(19)18-7-3-4-12(18)13-6-5-11(21-13)9-20-2/h5-6,12H,3-4,7-9H2,1-2H3,(H,17,22). The van der Waals surface area contributed by atoms with E-state index in [4.69, 9.17) is 21.4 Å². The molecule has 0 bridgehead atoms. The molecule has 23 heavy (non-hydrogen) atoms. The first-order valence-electron chi connectivity index (χ1n) is 7.64.